The summed E-state index contributed by atoms with van der Waals surface area (Å²) in [6.45, 7) is 9.37. The number of carbonyl (C=O) groups is 2. The lowest BCUT2D eigenvalue weighted by molar-refractivity contribution is 0.0546. The molecule has 0 radical (unpaired) electrons. The largest absolute Gasteiger partial charge is 0.393 e. The molecule has 3 heterocycles. The maximum absolute atomic E-state index is 13.1. The van der Waals surface area contributed by atoms with Crippen molar-refractivity contribution in [3.05, 3.63) is 106 Å². The van der Waals surface area contributed by atoms with Gasteiger partial charge in [-0.2, -0.15) is 0 Å². The summed E-state index contributed by atoms with van der Waals surface area (Å²) in [4.78, 5) is 45.1. The van der Waals surface area contributed by atoms with E-state index in [1.807, 2.05) is 49.4 Å². The van der Waals surface area contributed by atoms with Gasteiger partial charge in [0.05, 0.1) is 11.7 Å². The molecule has 0 unspecified atom stereocenters. The first-order chi connectivity index (χ1) is 20.9. The number of aryl methyl sites for hydroxylation is 1. The number of hydrogen-bond acceptors (Lipinski definition) is 6. The second-order valence-corrected chi connectivity index (χ2v) is 12.4. The fraction of sp³-hybridized carbons (Fsp3) is 0.314. The van der Waals surface area contributed by atoms with Crippen molar-refractivity contribution in [2.24, 2.45) is 7.05 Å². The Morgan fingerprint density at radius 1 is 0.955 bits per heavy atom. The van der Waals surface area contributed by atoms with Gasteiger partial charge in [0.1, 0.15) is 11.5 Å². The first-order valence-corrected chi connectivity index (χ1v) is 14.8. The third kappa shape index (κ3) is 6.73. The number of aliphatic hydroxyl groups excluding tert-OH is 1. The molecule has 9 heteroatoms. The minimum atomic E-state index is -0.358. The van der Waals surface area contributed by atoms with E-state index < -0.39 is 0 Å². The molecule has 0 saturated carbocycles. The van der Waals surface area contributed by atoms with Crippen LogP contribution in [0.15, 0.2) is 77.9 Å². The van der Waals surface area contributed by atoms with Crippen LogP contribution in [0.25, 0.3) is 11.1 Å². The average molecular weight is 594 g/mol. The van der Waals surface area contributed by atoms with Crippen LogP contribution in [0, 0.1) is 6.92 Å². The van der Waals surface area contributed by atoms with Crippen LogP contribution in [0.3, 0.4) is 0 Å². The molecule has 1 aliphatic rings. The van der Waals surface area contributed by atoms with Crippen LogP contribution in [0.5, 0.6) is 0 Å². The lowest BCUT2D eigenvalue weighted by atomic mass is 9.86. The summed E-state index contributed by atoms with van der Waals surface area (Å²) >= 11 is 0. The maximum atomic E-state index is 13.1. The molecule has 4 aromatic rings. The zero-order valence-electron chi connectivity index (χ0n) is 25.8. The van der Waals surface area contributed by atoms with E-state index in [1.165, 1.54) is 10.8 Å². The van der Waals surface area contributed by atoms with Gasteiger partial charge in [-0.3, -0.25) is 14.4 Å². The molecular weight excluding hydrogens is 554 g/mol. The van der Waals surface area contributed by atoms with Crippen LogP contribution in [-0.2, 0) is 12.5 Å². The Balaban J connectivity index is 1.34. The molecule has 0 aliphatic carbocycles. The second kappa shape index (κ2) is 12.5. The molecule has 228 valence electrons. The van der Waals surface area contributed by atoms with Gasteiger partial charge in [0, 0.05) is 49.3 Å². The van der Waals surface area contributed by atoms with Crippen molar-refractivity contribution < 1.29 is 14.7 Å². The highest BCUT2D eigenvalue weighted by atomic mass is 16.3. The standard InChI is InChI=1S/C35H39N5O4/c1-22-28(7-6-8-29(22)38-32(42)23-9-12-26(13-10-23)35(2,3)4)25-19-30(34(44)39(5)21-25)37-31-14-11-24(20-36-31)33(43)40-17-15-27(41)16-18-40/h6-14,19-21,27,41H,15-18H2,1-5H3,(H,36,37)(H,38,42). The summed E-state index contributed by atoms with van der Waals surface area (Å²) in [5, 5.41) is 15.9. The highest BCUT2D eigenvalue weighted by Crippen LogP contribution is 2.30. The van der Waals surface area contributed by atoms with Crippen molar-refractivity contribution in [3.63, 3.8) is 0 Å². The number of piperidine rings is 1. The highest BCUT2D eigenvalue weighted by Gasteiger charge is 2.23. The van der Waals surface area contributed by atoms with Gasteiger partial charge in [0.2, 0.25) is 0 Å². The molecule has 0 atom stereocenters. The number of rotatable bonds is 6. The Morgan fingerprint density at radius 3 is 2.27 bits per heavy atom. The van der Waals surface area contributed by atoms with E-state index in [2.05, 4.69) is 36.4 Å². The quantitative estimate of drug-likeness (QED) is 0.266. The number of benzene rings is 2. The van der Waals surface area contributed by atoms with E-state index in [0.29, 0.717) is 54.3 Å². The Bertz CT molecular complexity index is 1730. The first-order valence-electron chi connectivity index (χ1n) is 14.8. The average Bonchev–Trinajstić information content (AvgIpc) is 3.00. The fourth-order valence-corrected chi connectivity index (χ4v) is 5.33. The van der Waals surface area contributed by atoms with Crippen LogP contribution >= 0.6 is 0 Å². The molecule has 1 saturated heterocycles. The van der Waals surface area contributed by atoms with Crippen molar-refractivity contribution in [1.82, 2.24) is 14.5 Å². The van der Waals surface area contributed by atoms with Crippen LogP contribution in [-0.4, -0.2) is 50.6 Å². The van der Waals surface area contributed by atoms with Gasteiger partial charge in [0.25, 0.3) is 17.4 Å². The van der Waals surface area contributed by atoms with Gasteiger partial charge in [-0.05, 0) is 78.3 Å². The molecule has 1 fully saturated rings. The Morgan fingerprint density at radius 2 is 1.64 bits per heavy atom. The van der Waals surface area contributed by atoms with Crippen LogP contribution < -0.4 is 16.2 Å². The number of pyridine rings is 2. The normalized spacial score (nSPS) is 13.9. The summed E-state index contributed by atoms with van der Waals surface area (Å²) in [7, 11) is 1.68. The predicted molar refractivity (Wildman–Crippen MR) is 174 cm³/mol. The third-order valence-corrected chi connectivity index (χ3v) is 8.11. The van der Waals surface area contributed by atoms with Crippen LogP contribution in [0.2, 0.25) is 0 Å². The van der Waals surface area contributed by atoms with E-state index >= 15 is 0 Å². The number of likely N-dealkylation sites (tertiary alicyclic amines) is 1. The number of aliphatic hydroxyl groups is 1. The fourth-order valence-electron chi connectivity index (χ4n) is 5.33. The topological polar surface area (TPSA) is 117 Å². The Hall–Kier alpha value is -4.76. The Labute approximate surface area is 257 Å². The molecule has 5 rings (SSSR count). The molecule has 2 aromatic heterocycles. The molecule has 3 N–H and O–H groups in total. The molecular formula is C35H39N5O4. The summed E-state index contributed by atoms with van der Waals surface area (Å²) in [6.07, 6.45) is 4.04. The smallest absolute Gasteiger partial charge is 0.274 e. The third-order valence-electron chi connectivity index (χ3n) is 8.11. The monoisotopic (exact) mass is 593 g/mol. The van der Waals surface area contributed by atoms with Crippen molar-refractivity contribution in [1.29, 1.82) is 0 Å². The first kappa shape index (κ1) is 30.7. The van der Waals surface area contributed by atoms with Crippen LogP contribution in [0.4, 0.5) is 17.2 Å². The van der Waals surface area contributed by atoms with Gasteiger partial charge >= 0.3 is 0 Å². The summed E-state index contributed by atoms with van der Waals surface area (Å²) in [6, 6.07) is 18.5. The van der Waals surface area contributed by atoms with E-state index in [1.54, 1.807) is 36.3 Å². The van der Waals surface area contributed by atoms with Crippen molar-refractivity contribution >= 4 is 29.0 Å². The number of nitrogens with one attached hydrogen (secondary N) is 2. The van der Waals surface area contributed by atoms with Crippen LogP contribution in [0.1, 0.15) is 65.5 Å². The number of carbonyl (C=O) groups excluding carboxylic acids is 2. The van der Waals surface area contributed by atoms with Gasteiger partial charge in [-0.1, -0.05) is 45.0 Å². The number of anilines is 3. The molecule has 0 bridgehead atoms. The van der Waals surface area contributed by atoms with E-state index in [-0.39, 0.29) is 28.9 Å². The van der Waals surface area contributed by atoms with Gasteiger partial charge in [0.15, 0.2) is 0 Å². The Kier molecular flexibility index (Phi) is 8.69. The molecule has 9 nitrogen and oxygen atoms in total. The van der Waals surface area contributed by atoms with Crippen molar-refractivity contribution in [2.45, 2.75) is 52.1 Å². The minimum absolute atomic E-state index is 0.000822. The van der Waals surface area contributed by atoms with E-state index in [0.717, 1.165) is 22.3 Å². The number of hydrogen-bond donors (Lipinski definition) is 3. The van der Waals surface area contributed by atoms with Crippen molar-refractivity contribution in [2.75, 3.05) is 23.7 Å². The predicted octanol–water partition coefficient (Wildman–Crippen LogP) is 5.65. The highest BCUT2D eigenvalue weighted by molar-refractivity contribution is 6.05. The molecule has 0 spiro atoms. The van der Waals surface area contributed by atoms with Gasteiger partial charge in [-0.15, -0.1) is 0 Å². The lowest BCUT2D eigenvalue weighted by Gasteiger charge is -2.29. The molecule has 2 aromatic carbocycles. The van der Waals surface area contributed by atoms with E-state index in [9.17, 15) is 19.5 Å². The second-order valence-electron chi connectivity index (χ2n) is 12.4. The molecule has 1 aliphatic heterocycles. The number of nitrogens with zero attached hydrogens (tertiary/aromatic N) is 3. The molecule has 44 heavy (non-hydrogen) atoms. The van der Waals surface area contributed by atoms with E-state index in [4.69, 9.17) is 0 Å². The van der Waals surface area contributed by atoms with Gasteiger partial charge < -0.3 is 25.2 Å². The van der Waals surface area contributed by atoms with Crippen molar-refractivity contribution in [3.8, 4) is 11.1 Å². The SMILES string of the molecule is Cc1c(NC(=O)c2ccc(C(C)(C)C)cc2)cccc1-c1cc(Nc2ccc(C(=O)N3CCC(O)CC3)cn2)c(=O)n(C)c1. The lowest BCUT2D eigenvalue weighted by Crippen LogP contribution is -2.40. The zero-order valence-corrected chi connectivity index (χ0v) is 25.8. The summed E-state index contributed by atoms with van der Waals surface area (Å²) in [5.74, 6) is 0.109. The number of aromatic nitrogens is 2. The zero-order chi connectivity index (χ0) is 31.6. The number of amides is 2. The molecule has 2 amide bonds. The minimum Gasteiger partial charge on any atom is -0.393 e. The summed E-state index contributed by atoms with van der Waals surface area (Å²) in [5.41, 5.74) is 5.48. The summed E-state index contributed by atoms with van der Waals surface area (Å²) < 4.78 is 1.50. The maximum Gasteiger partial charge on any atom is 0.274 e. The van der Waals surface area contributed by atoms with Gasteiger partial charge in [-0.25, -0.2) is 4.98 Å².